The van der Waals surface area contributed by atoms with Crippen LogP contribution < -0.4 is 0 Å². The Morgan fingerprint density at radius 3 is 2.29 bits per heavy atom. The Morgan fingerprint density at radius 1 is 1.14 bits per heavy atom. The third kappa shape index (κ3) is 4.15. The highest BCUT2D eigenvalue weighted by Gasteiger charge is 2.65. The number of carbonyl (C=O) groups excluding carboxylic acids is 2. The molecule has 1 fully saturated rings. The van der Waals surface area contributed by atoms with Crippen LogP contribution in [-0.2, 0) is 29.4 Å². The van der Waals surface area contributed by atoms with Crippen molar-refractivity contribution in [3.63, 3.8) is 0 Å². The van der Waals surface area contributed by atoms with E-state index in [1.165, 1.54) is 31.2 Å². The van der Waals surface area contributed by atoms with Gasteiger partial charge in [0.05, 0.1) is 25.2 Å². The summed E-state index contributed by atoms with van der Waals surface area (Å²) in [6.07, 6.45) is -5.42. The fourth-order valence-electron chi connectivity index (χ4n) is 3.33. The number of carbonyl (C=O) groups is 2. The number of allylic oxidation sites excluding steroid dienone is 1. The molecule has 2 atom stereocenters. The molecule has 0 radical (unpaired) electrons. The standard InChI is InChI=1S/C20H23F3O5/c1-4-26-17(24)12-15(18(25)27-5-2)16-11-13(3)19(28-16,20(21,22)23)14-9-7-6-8-10-14/h6-10,13H,4-5,11-12H2,1-3H3/b16-15+/t13-,19-/m1/s1. The van der Waals surface area contributed by atoms with Gasteiger partial charge in [-0.05, 0) is 13.8 Å². The smallest absolute Gasteiger partial charge is 0.432 e. The van der Waals surface area contributed by atoms with Gasteiger partial charge in [0.2, 0.25) is 5.60 Å². The molecule has 1 heterocycles. The minimum atomic E-state index is -4.74. The van der Waals surface area contributed by atoms with Crippen molar-refractivity contribution in [1.82, 2.24) is 0 Å². The van der Waals surface area contributed by atoms with Gasteiger partial charge in [-0.3, -0.25) is 4.79 Å². The van der Waals surface area contributed by atoms with E-state index in [0.717, 1.165) is 0 Å². The highest BCUT2D eigenvalue weighted by Crippen LogP contribution is 2.55. The number of benzene rings is 1. The first-order valence-electron chi connectivity index (χ1n) is 9.03. The minimum Gasteiger partial charge on any atom is -0.476 e. The zero-order chi connectivity index (χ0) is 20.9. The van der Waals surface area contributed by atoms with E-state index in [1.54, 1.807) is 19.9 Å². The highest BCUT2D eigenvalue weighted by atomic mass is 19.4. The van der Waals surface area contributed by atoms with E-state index in [0.29, 0.717) is 0 Å². The van der Waals surface area contributed by atoms with Crippen molar-refractivity contribution < 1.29 is 37.0 Å². The number of hydrogen-bond acceptors (Lipinski definition) is 5. The number of ether oxygens (including phenoxy) is 3. The van der Waals surface area contributed by atoms with Crippen LogP contribution in [0.2, 0.25) is 0 Å². The van der Waals surface area contributed by atoms with E-state index in [9.17, 15) is 22.8 Å². The van der Waals surface area contributed by atoms with Crippen molar-refractivity contribution in [1.29, 1.82) is 0 Å². The Labute approximate surface area is 161 Å². The molecule has 2 rings (SSSR count). The monoisotopic (exact) mass is 400 g/mol. The first-order chi connectivity index (χ1) is 13.2. The second-order valence-corrected chi connectivity index (χ2v) is 6.41. The molecule has 154 valence electrons. The van der Waals surface area contributed by atoms with Crippen molar-refractivity contribution in [2.45, 2.75) is 45.4 Å². The summed E-state index contributed by atoms with van der Waals surface area (Å²) in [4.78, 5) is 24.2. The van der Waals surface area contributed by atoms with Crippen molar-refractivity contribution >= 4 is 11.9 Å². The summed E-state index contributed by atoms with van der Waals surface area (Å²) in [5, 5.41) is 0. The van der Waals surface area contributed by atoms with Crippen molar-refractivity contribution in [2.24, 2.45) is 5.92 Å². The molecule has 1 aromatic rings. The fraction of sp³-hybridized carbons (Fsp3) is 0.500. The lowest BCUT2D eigenvalue weighted by Crippen LogP contribution is -2.46. The van der Waals surface area contributed by atoms with Gasteiger partial charge in [0.15, 0.2) is 0 Å². The second-order valence-electron chi connectivity index (χ2n) is 6.41. The van der Waals surface area contributed by atoms with Gasteiger partial charge in [0, 0.05) is 17.9 Å². The largest absolute Gasteiger partial charge is 0.476 e. The van der Waals surface area contributed by atoms with Gasteiger partial charge >= 0.3 is 18.1 Å². The molecular weight excluding hydrogens is 377 g/mol. The summed E-state index contributed by atoms with van der Waals surface area (Å²) in [5.41, 5.74) is -2.92. The quantitative estimate of drug-likeness (QED) is 0.527. The number of esters is 2. The Balaban J connectivity index is 2.54. The lowest BCUT2D eigenvalue weighted by molar-refractivity contribution is -0.274. The molecule has 0 bridgehead atoms. The lowest BCUT2D eigenvalue weighted by Gasteiger charge is -2.35. The second kappa shape index (κ2) is 8.67. The molecule has 8 heteroatoms. The van der Waals surface area contributed by atoms with Gasteiger partial charge in [-0.15, -0.1) is 0 Å². The van der Waals surface area contributed by atoms with Crippen LogP contribution in [0, 0.1) is 5.92 Å². The maximum absolute atomic E-state index is 14.2. The van der Waals surface area contributed by atoms with Crippen LogP contribution in [0.25, 0.3) is 0 Å². The third-order valence-electron chi connectivity index (χ3n) is 4.58. The maximum Gasteiger partial charge on any atom is 0.432 e. The molecule has 0 unspecified atom stereocenters. The van der Waals surface area contributed by atoms with Crippen molar-refractivity contribution in [3.8, 4) is 0 Å². The van der Waals surface area contributed by atoms with Gasteiger partial charge in [-0.1, -0.05) is 37.3 Å². The van der Waals surface area contributed by atoms with E-state index < -0.39 is 36.1 Å². The third-order valence-corrected chi connectivity index (χ3v) is 4.58. The van der Waals surface area contributed by atoms with Crippen LogP contribution in [0.15, 0.2) is 41.7 Å². The van der Waals surface area contributed by atoms with Crippen molar-refractivity contribution in [2.75, 3.05) is 13.2 Å². The molecule has 0 spiro atoms. The molecule has 0 saturated carbocycles. The van der Waals surface area contributed by atoms with Gasteiger partial charge < -0.3 is 14.2 Å². The first kappa shape index (κ1) is 21.8. The van der Waals surface area contributed by atoms with E-state index >= 15 is 0 Å². The lowest BCUT2D eigenvalue weighted by atomic mass is 9.81. The summed E-state index contributed by atoms with van der Waals surface area (Å²) in [6.45, 7) is 4.65. The number of hydrogen-bond donors (Lipinski definition) is 0. The summed E-state index contributed by atoms with van der Waals surface area (Å²) >= 11 is 0. The molecule has 1 aromatic carbocycles. The average molecular weight is 400 g/mol. The van der Waals surface area contributed by atoms with Crippen molar-refractivity contribution in [3.05, 3.63) is 47.2 Å². The van der Waals surface area contributed by atoms with Crippen LogP contribution in [-0.4, -0.2) is 31.3 Å². The van der Waals surface area contributed by atoms with Crippen LogP contribution in [0.3, 0.4) is 0 Å². The molecule has 1 saturated heterocycles. The molecule has 0 amide bonds. The predicted octanol–water partition coefficient (Wildman–Crippen LogP) is 4.27. The summed E-state index contributed by atoms with van der Waals surface area (Å²) < 4.78 is 57.7. The fourth-order valence-corrected chi connectivity index (χ4v) is 3.33. The van der Waals surface area contributed by atoms with E-state index in [2.05, 4.69) is 0 Å². The van der Waals surface area contributed by atoms with Gasteiger partial charge in [0.1, 0.15) is 5.76 Å². The Hall–Kier alpha value is -2.51. The number of halogens is 3. The van der Waals surface area contributed by atoms with Crippen LogP contribution in [0.1, 0.15) is 39.2 Å². The maximum atomic E-state index is 14.2. The topological polar surface area (TPSA) is 61.8 Å². The Kier molecular flexibility index (Phi) is 6.74. The van der Waals surface area contributed by atoms with Gasteiger partial charge in [-0.2, -0.15) is 13.2 Å². The molecule has 5 nitrogen and oxygen atoms in total. The van der Waals surface area contributed by atoms with E-state index in [-0.39, 0.29) is 36.5 Å². The molecular formula is C20H23F3O5. The molecule has 0 aromatic heterocycles. The van der Waals surface area contributed by atoms with E-state index in [1.807, 2.05) is 0 Å². The summed E-state index contributed by atoms with van der Waals surface area (Å²) in [7, 11) is 0. The summed E-state index contributed by atoms with van der Waals surface area (Å²) in [5.74, 6) is -2.83. The first-order valence-corrected chi connectivity index (χ1v) is 9.03. The zero-order valence-corrected chi connectivity index (χ0v) is 16.0. The summed E-state index contributed by atoms with van der Waals surface area (Å²) in [6, 6.07) is 7.26. The normalized spacial score (nSPS) is 23.7. The predicted molar refractivity (Wildman–Crippen MR) is 94.0 cm³/mol. The average Bonchev–Trinajstić information content (AvgIpc) is 2.99. The van der Waals surface area contributed by atoms with Crippen LogP contribution in [0.5, 0.6) is 0 Å². The molecule has 0 N–H and O–H groups in total. The van der Waals surface area contributed by atoms with E-state index in [4.69, 9.17) is 14.2 Å². The SMILES string of the molecule is CCOC(=O)C/C(C(=O)OCC)=C1/C[C@@H](C)[C@@](c2ccccc2)(C(F)(F)F)O1. The Bertz CT molecular complexity index is 742. The number of rotatable bonds is 6. The Morgan fingerprint density at radius 2 is 1.75 bits per heavy atom. The highest BCUT2D eigenvalue weighted by molar-refractivity contribution is 5.94. The minimum absolute atomic E-state index is 0.0110. The number of alkyl halides is 3. The zero-order valence-electron chi connectivity index (χ0n) is 16.0. The van der Waals surface area contributed by atoms with Gasteiger partial charge in [-0.25, -0.2) is 4.79 Å². The van der Waals surface area contributed by atoms with Gasteiger partial charge in [0.25, 0.3) is 0 Å². The molecule has 1 aliphatic heterocycles. The molecule has 0 aliphatic carbocycles. The molecule has 28 heavy (non-hydrogen) atoms. The molecule has 1 aliphatic rings. The van der Waals surface area contributed by atoms with Crippen LogP contribution in [0.4, 0.5) is 13.2 Å². The van der Waals surface area contributed by atoms with Crippen LogP contribution >= 0.6 is 0 Å².